The lowest BCUT2D eigenvalue weighted by molar-refractivity contribution is -0.143. The molecule has 0 aliphatic carbocycles. The maximum Gasteiger partial charge on any atom is 0.307 e. The zero-order valence-electron chi connectivity index (χ0n) is 18.6. The average Bonchev–Trinajstić information content (AvgIpc) is 2.63. The third-order valence-electron chi connectivity index (χ3n) is 4.56. The molecule has 2 aromatic rings. The fourth-order valence-corrected chi connectivity index (χ4v) is 3.78. The number of nitrogens with one attached hydrogen (secondary N) is 1. The second-order valence-electron chi connectivity index (χ2n) is 8.16. The molecule has 0 aliphatic heterocycles. The number of benzene rings is 1. The number of hydrogen-bond acceptors (Lipinski definition) is 5. The van der Waals surface area contributed by atoms with E-state index in [-0.39, 0.29) is 24.4 Å². The van der Waals surface area contributed by atoms with Gasteiger partial charge in [-0.25, -0.2) is 23.3 Å². The van der Waals surface area contributed by atoms with Crippen LogP contribution in [0.1, 0.15) is 62.7 Å². The Morgan fingerprint density at radius 1 is 1.20 bits per heavy atom. The van der Waals surface area contributed by atoms with Crippen LogP contribution in [0, 0.1) is 26.6 Å². The number of ether oxygens (including phenoxy) is 1. The summed E-state index contributed by atoms with van der Waals surface area (Å²) in [5, 5.41) is 0. The van der Waals surface area contributed by atoms with Crippen molar-refractivity contribution >= 4 is 17.0 Å². The quantitative estimate of drug-likeness (QED) is 0.658. The minimum Gasteiger partial charge on any atom is -0.466 e. The molecule has 0 amide bonds. The highest BCUT2D eigenvalue weighted by atomic mass is 32.2. The highest BCUT2D eigenvalue weighted by Gasteiger charge is 2.30. The molecule has 164 valence electrons. The molecule has 1 N–H and O–H groups in total. The summed E-state index contributed by atoms with van der Waals surface area (Å²) in [6.07, 6.45) is -0.199. The summed E-state index contributed by atoms with van der Waals surface area (Å²) < 4.78 is 35.2. The van der Waals surface area contributed by atoms with Crippen molar-refractivity contribution in [3.8, 4) is 11.4 Å². The number of aryl methyl sites for hydroxylation is 3. The summed E-state index contributed by atoms with van der Waals surface area (Å²) in [4.78, 5) is 21.0. The Kier molecular flexibility index (Phi) is 7.82. The molecule has 1 unspecified atom stereocenters. The molecular formula is C22H30FN3O3S. The lowest BCUT2D eigenvalue weighted by atomic mass is 10.0. The summed E-state index contributed by atoms with van der Waals surface area (Å²) >= 11 is 0. The van der Waals surface area contributed by atoms with Gasteiger partial charge in [0.15, 0.2) is 11.6 Å². The van der Waals surface area contributed by atoms with Gasteiger partial charge in [0.1, 0.15) is 0 Å². The van der Waals surface area contributed by atoms with E-state index >= 15 is 4.39 Å². The predicted octanol–water partition coefficient (Wildman–Crippen LogP) is 4.25. The van der Waals surface area contributed by atoms with Crippen molar-refractivity contribution in [3.05, 3.63) is 46.5 Å². The van der Waals surface area contributed by atoms with Crippen molar-refractivity contribution in [2.75, 3.05) is 6.61 Å². The van der Waals surface area contributed by atoms with E-state index in [2.05, 4.69) is 14.7 Å². The Bertz CT molecular complexity index is 937. The van der Waals surface area contributed by atoms with Crippen molar-refractivity contribution < 1.29 is 18.1 Å². The molecule has 0 spiro atoms. The summed E-state index contributed by atoms with van der Waals surface area (Å²) in [6.45, 7) is 12.7. The molecule has 1 aromatic carbocycles. The van der Waals surface area contributed by atoms with Gasteiger partial charge in [-0.1, -0.05) is 18.2 Å². The molecule has 1 aromatic heterocycles. The zero-order valence-corrected chi connectivity index (χ0v) is 19.4. The summed E-state index contributed by atoms with van der Waals surface area (Å²) in [5.41, 5.74) is 2.90. The Hall–Kier alpha value is -2.19. The maximum absolute atomic E-state index is 15.1. The largest absolute Gasteiger partial charge is 0.466 e. The van der Waals surface area contributed by atoms with Crippen molar-refractivity contribution in [3.63, 3.8) is 0 Å². The van der Waals surface area contributed by atoms with Crippen LogP contribution in [-0.2, 0) is 20.5 Å². The molecule has 2 atom stereocenters. The zero-order chi connectivity index (χ0) is 22.6. The van der Waals surface area contributed by atoms with Gasteiger partial charge in [-0.3, -0.25) is 4.79 Å². The van der Waals surface area contributed by atoms with E-state index in [4.69, 9.17) is 4.74 Å². The first-order chi connectivity index (χ1) is 14.0. The number of rotatable bonds is 7. The Balaban J connectivity index is 2.60. The Morgan fingerprint density at radius 2 is 1.80 bits per heavy atom. The van der Waals surface area contributed by atoms with E-state index in [1.165, 1.54) is 0 Å². The predicted molar refractivity (Wildman–Crippen MR) is 117 cm³/mol. The van der Waals surface area contributed by atoms with Gasteiger partial charge < -0.3 is 4.74 Å². The van der Waals surface area contributed by atoms with Gasteiger partial charge in [0, 0.05) is 5.56 Å². The SMILES string of the molecule is CCOC(=O)CC(N[S@](=O)C(C)(C)C)c1nc(-c2c(C)cccc2C)nc(C)c1F. The van der Waals surface area contributed by atoms with Gasteiger partial charge in [-0.15, -0.1) is 0 Å². The number of aromatic nitrogens is 2. The van der Waals surface area contributed by atoms with Gasteiger partial charge in [-0.2, -0.15) is 0 Å². The fourth-order valence-electron chi connectivity index (χ4n) is 2.98. The molecule has 0 fully saturated rings. The second-order valence-corrected chi connectivity index (χ2v) is 10.2. The van der Waals surface area contributed by atoms with Gasteiger partial charge in [0.05, 0.1) is 46.2 Å². The van der Waals surface area contributed by atoms with Crippen LogP contribution >= 0.6 is 0 Å². The lowest BCUT2D eigenvalue weighted by Gasteiger charge is -2.24. The lowest BCUT2D eigenvalue weighted by Crippen LogP contribution is -2.37. The molecule has 8 heteroatoms. The first-order valence-corrected chi connectivity index (χ1v) is 11.0. The summed E-state index contributed by atoms with van der Waals surface area (Å²) in [7, 11) is -1.55. The average molecular weight is 436 g/mol. The first-order valence-electron chi connectivity index (χ1n) is 9.90. The third-order valence-corrected chi connectivity index (χ3v) is 6.17. The summed E-state index contributed by atoms with van der Waals surface area (Å²) in [6, 6.07) is 4.89. The van der Waals surface area contributed by atoms with Crippen LogP contribution in [0.3, 0.4) is 0 Å². The van der Waals surface area contributed by atoms with Crippen molar-refractivity contribution in [1.82, 2.24) is 14.7 Å². The number of halogens is 1. The first kappa shape index (κ1) is 24.1. The number of nitrogens with zero attached hydrogens (tertiary/aromatic N) is 2. The highest BCUT2D eigenvalue weighted by Crippen LogP contribution is 2.29. The van der Waals surface area contributed by atoms with Crippen LogP contribution in [-0.4, -0.2) is 31.5 Å². The third kappa shape index (κ3) is 5.70. The van der Waals surface area contributed by atoms with Crippen LogP contribution in [0.15, 0.2) is 18.2 Å². The van der Waals surface area contributed by atoms with E-state index in [0.29, 0.717) is 5.82 Å². The van der Waals surface area contributed by atoms with E-state index < -0.39 is 33.6 Å². The van der Waals surface area contributed by atoms with Crippen LogP contribution in [0.4, 0.5) is 4.39 Å². The van der Waals surface area contributed by atoms with E-state index in [9.17, 15) is 9.00 Å². The van der Waals surface area contributed by atoms with Gasteiger partial charge >= 0.3 is 5.97 Å². The van der Waals surface area contributed by atoms with Gasteiger partial charge in [0.25, 0.3) is 0 Å². The molecule has 30 heavy (non-hydrogen) atoms. The van der Waals surface area contributed by atoms with Crippen LogP contribution in [0.2, 0.25) is 0 Å². The molecule has 6 nitrogen and oxygen atoms in total. The van der Waals surface area contributed by atoms with Gasteiger partial charge in [0.2, 0.25) is 0 Å². The number of carbonyl (C=O) groups is 1. The highest BCUT2D eigenvalue weighted by molar-refractivity contribution is 7.84. The van der Waals surface area contributed by atoms with E-state index in [0.717, 1.165) is 16.7 Å². The van der Waals surface area contributed by atoms with Crippen molar-refractivity contribution in [1.29, 1.82) is 0 Å². The maximum atomic E-state index is 15.1. The van der Waals surface area contributed by atoms with Gasteiger partial charge in [-0.05, 0) is 59.6 Å². The van der Waals surface area contributed by atoms with E-state index in [1.54, 1.807) is 34.6 Å². The smallest absolute Gasteiger partial charge is 0.307 e. The number of esters is 1. The molecule has 0 saturated heterocycles. The molecule has 2 rings (SSSR count). The Morgan fingerprint density at radius 3 is 2.33 bits per heavy atom. The monoisotopic (exact) mass is 435 g/mol. The standard InChI is InChI=1S/C22H30FN3O3S/c1-8-29-17(27)12-16(26-30(28)22(5,6)7)20-19(23)15(4)24-21(25-20)18-13(2)10-9-11-14(18)3/h9-11,16,26H,8,12H2,1-7H3/t16?,30-/m1/s1. The van der Waals surface area contributed by atoms with Crippen LogP contribution < -0.4 is 4.72 Å². The second kappa shape index (κ2) is 9.75. The fraction of sp³-hybridized carbons (Fsp3) is 0.500. The molecule has 0 radical (unpaired) electrons. The molecular weight excluding hydrogens is 405 g/mol. The Labute approximate surface area is 180 Å². The molecule has 0 aliphatic rings. The minimum absolute atomic E-state index is 0.00538. The van der Waals surface area contributed by atoms with Crippen molar-refractivity contribution in [2.45, 2.75) is 65.7 Å². The number of hydrogen-bond donors (Lipinski definition) is 1. The molecule has 0 saturated carbocycles. The van der Waals surface area contributed by atoms with Crippen LogP contribution in [0.25, 0.3) is 11.4 Å². The normalized spacial score (nSPS) is 13.7. The topological polar surface area (TPSA) is 81.2 Å². The van der Waals surface area contributed by atoms with E-state index in [1.807, 2.05) is 32.0 Å². The summed E-state index contributed by atoms with van der Waals surface area (Å²) in [5.74, 6) is -0.778. The van der Waals surface area contributed by atoms with Crippen molar-refractivity contribution in [2.24, 2.45) is 0 Å². The molecule has 1 heterocycles. The number of carbonyl (C=O) groups excluding carboxylic acids is 1. The molecule has 0 bridgehead atoms. The minimum atomic E-state index is -1.55. The van der Waals surface area contributed by atoms with Crippen LogP contribution in [0.5, 0.6) is 0 Å².